The second-order valence-electron chi connectivity index (χ2n) is 5.02. The molecule has 1 fully saturated rings. The Morgan fingerprint density at radius 3 is 2.76 bits per heavy atom. The lowest BCUT2D eigenvalue weighted by Gasteiger charge is -2.38. The van der Waals surface area contributed by atoms with Crippen LogP contribution in [0.2, 0.25) is 0 Å². The Hall–Kier alpha value is -1.64. The van der Waals surface area contributed by atoms with Gasteiger partial charge in [-0.05, 0) is 17.5 Å². The molecule has 0 saturated heterocycles. The number of hydrogen-bond donors (Lipinski definition) is 0. The van der Waals surface area contributed by atoms with Crippen molar-refractivity contribution in [2.24, 2.45) is 11.8 Å². The van der Waals surface area contributed by atoms with Crippen molar-refractivity contribution in [1.82, 2.24) is 0 Å². The number of Topliss-reactive ketones (excluding diaryl/α,β-unsaturated/α-hetero) is 1. The third kappa shape index (κ3) is 1.57. The molecule has 0 amide bonds. The number of hydrogen-bond acceptors (Lipinski definition) is 3. The van der Waals surface area contributed by atoms with Gasteiger partial charge in [-0.1, -0.05) is 25.1 Å². The Kier molecular flexibility index (Phi) is 2.28. The van der Waals surface area contributed by atoms with E-state index in [4.69, 9.17) is 4.74 Å². The van der Waals surface area contributed by atoms with E-state index >= 15 is 0 Å². The molecule has 3 nitrogen and oxygen atoms in total. The minimum Gasteiger partial charge on any atom is -0.426 e. The standard InChI is InChI=1S/C14H14O3/c1-8-6-9(15)7-11-10-4-2-3-5-12(10)17-14(16)13(8)11/h2-5,8,11,13H,6-7H2,1H3/t8-,11-,13+/m0/s1. The number of carbonyl (C=O) groups is 2. The fraction of sp³-hybridized carbons (Fsp3) is 0.429. The van der Waals surface area contributed by atoms with Gasteiger partial charge in [-0.15, -0.1) is 0 Å². The van der Waals surface area contributed by atoms with Crippen LogP contribution in [-0.4, -0.2) is 11.8 Å². The van der Waals surface area contributed by atoms with Crippen LogP contribution in [0.15, 0.2) is 24.3 Å². The minimum atomic E-state index is -0.172. The maximum atomic E-state index is 12.0. The van der Waals surface area contributed by atoms with Crippen LogP contribution in [-0.2, 0) is 9.59 Å². The summed E-state index contributed by atoms with van der Waals surface area (Å²) >= 11 is 0. The van der Waals surface area contributed by atoms with Gasteiger partial charge >= 0.3 is 5.97 Å². The maximum absolute atomic E-state index is 12.0. The van der Waals surface area contributed by atoms with Gasteiger partial charge in [0.25, 0.3) is 0 Å². The second kappa shape index (κ2) is 3.69. The molecule has 88 valence electrons. The molecule has 3 rings (SSSR count). The fourth-order valence-electron chi connectivity index (χ4n) is 3.09. The Morgan fingerprint density at radius 1 is 1.18 bits per heavy atom. The molecule has 1 aromatic rings. The van der Waals surface area contributed by atoms with Crippen LogP contribution in [0, 0.1) is 11.8 Å². The van der Waals surface area contributed by atoms with Crippen LogP contribution in [0.5, 0.6) is 5.75 Å². The molecule has 3 heteroatoms. The highest BCUT2D eigenvalue weighted by molar-refractivity contribution is 5.87. The SMILES string of the molecule is C[C@H]1CC(=O)C[C@H]2c3ccccc3OC(=O)[C@H]12. The Labute approximate surface area is 99.8 Å². The molecule has 1 saturated carbocycles. The van der Waals surface area contributed by atoms with E-state index in [9.17, 15) is 9.59 Å². The molecule has 1 heterocycles. The lowest BCUT2D eigenvalue weighted by Crippen LogP contribution is -2.40. The quantitative estimate of drug-likeness (QED) is 0.507. The number of fused-ring (bicyclic) bond motifs is 3. The van der Waals surface area contributed by atoms with Crippen molar-refractivity contribution in [3.63, 3.8) is 0 Å². The Balaban J connectivity index is 2.08. The van der Waals surface area contributed by atoms with E-state index in [2.05, 4.69) is 0 Å². The van der Waals surface area contributed by atoms with Gasteiger partial charge in [0.05, 0.1) is 5.92 Å². The van der Waals surface area contributed by atoms with E-state index in [1.165, 1.54) is 0 Å². The predicted octanol–water partition coefficient (Wildman–Crippen LogP) is 2.30. The summed E-state index contributed by atoms with van der Waals surface area (Å²) in [6, 6.07) is 7.54. The average Bonchev–Trinajstić information content (AvgIpc) is 2.28. The van der Waals surface area contributed by atoms with Crippen LogP contribution >= 0.6 is 0 Å². The molecule has 1 aliphatic carbocycles. The first-order valence-corrected chi connectivity index (χ1v) is 5.99. The Morgan fingerprint density at radius 2 is 1.94 bits per heavy atom. The summed E-state index contributed by atoms with van der Waals surface area (Å²) in [6.07, 6.45) is 0.972. The molecule has 3 atom stereocenters. The van der Waals surface area contributed by atoms with E-state index in [1.807, 2.05) is 25.1 Å². The van der Waals surface area contributed by atoms with Crippen molar-refractivity contribution >= 4 is 11.8 Å². The summed E-state index contributed by atoms with van der Waals surface area (Å²) in [5.41, 5.74) is 1.01. The van der Waals surface area contributed by atoms with Crippen LogP contribution in [0.3, 0.4) is 0 Å². The molecule has 0 spiro atoms. The zero-order chi connectivity index (χ0) is 12.0. The highest BCUT2D eigenvalue weighted by Crippen LogP contribution is 2.46. The first kappa shape index (κ1) is 10.5. The van der Waals surface area contributed by atoms with Gasteiger partial charge in [0.15, 0.2) is 0 Å². The van der Waals surface area contributed by atoms with Crippen LogP contribution in [0.25, 0.3) is 0 Å². The number of benzene rings is 1. The highest BCUT2D eigenvalue weighted by atomic mass is 16.5. The normalized spacial score (nSPS) is 31.5. The molecule has 0 bridgehead atoms. The number of para-hydroxylation sites is 1. The van der Waals surface area contributed by atoms with Crippen LogP contribution in [0.4, 0.5) is 0 Å². The van der Waals surface area contributed by atoms with Crippen LogP contribution < -0.4 is 4.74 Å². The van der Waals surface area contributed by atoms with Gasteiger partial charge in [-0.2, -0.15) is 0 Å². The minimum absolute atomic E-state index is 0.0173. The van der Waals surface area contributed by atoms with E-state index in [0.717, 1.165) is 5.56 Å². The average molecular weight is 230 g/mol. The Bertz CT molecular complexity index is 492. The van der Waals surface area contributed by atoms with Gasteiger partial charge < -0.3 is 4.74 Å². The third-order valence-corrected chi connectivity index (χ3v) is 3.84. The number of ketones is 1. The van der Waals surface area contributed by atoms with Gasteiger partial charge in [0.1, 0.15) is 11.5 Å². The fourth-order valence-corrected chi connectivity index (χ4v) is 3.09. The zero-order valence-corrected chi connectivity index (χ0v) is 9.68. The van der Waals surface area contributed by atoms with Gasteiger partial charge in [-0.25, -0.2) is 0 Å². The summed E-state index contributed by atoms with van der Waals surface area (Å²) in [6.45, 7) is 1.96. The van der Waals surface area contributed by atoms with Crippen molar-refractivity contribution < 1.29 is 14.3 Å². The van der Waals surface area contributed by atoms with E-state index in [-0.39, 0.29) is 29.5 Å². The lowest BCUT2D eigenvalue weighted by atomic mass is 9.68. The summed E-state index contributed by atoms with van der Waals surface area (Å²) in [5.74, 6) is 0.658. The van der Waals surface area contributed by atoms with Crippen LogP contribution in [0.1, 0.15) is 31.2 Å². The smallest absolute Gasteiger partial charge is 0.315 e. The van der Waals surface area contributed by atoms with Crippen molar-refractivity contribution in [3.05, 3.63) is 29.8 Å². The molecule has 0 unspecified atom stereocenters. The van der Waals surface area contributed by atoms with E-state index in [0.29, 0.717) is 18.6 Å². The molecule has 1 aliphatic heterocycles. The highest BCUT2D eigenvalue weighted by Gasteiger charge is 2.45. The number of esters is 1. The van der Waals surface area contributed by atoms with Crippen molar-refractivity contribution in [3.8, 4) is 5.75 Å². The van der Waals surface area contributed by atoms with E-state index < -0.39 is 0 Å². The monoisotopic (exact) mass is 230 g/mol. The number of rotatable bonds is 0. The zero-order valence-electron chi connectivity index (χ0n) is 9.68. The predicted molar refractivity (Wildman–Crippen MR) is 61.7 cm³/mol. The third-order valence-electron chi connectivity index (χ3n) is 3.84. The summed E-state index contributed by atoms with van der Waals surface area (Å²) in [5, 5.41) is 0. The van der Waals surface area contributed by atoms with E-state index in [1.54, 1.807) is 6.07 Å². The topological polar surface area (TPSA) is 43.4 Å². The molecule has 0 radical (unpaired) electrons. The molecule has 0 N–H and O–H groups in total. The summed E-state index contributed by atoms with van der Waals surface area (Å²) in [7, 11) is 0. The van der Waals surface area contributed by atoms with Gasteiger partial charge in [0, 0.05) is 18.8 Å². The van der Waals surface area contributed by atoms with Gasteiger partial charge in [0.2, 0.25) is 0 Å². The second-order valence-corrected chi connectivity index (χ2v) is 5.02. The van der Waals surface area contributed by atoms with Crippen molar-refractivity contribution in [2.45, 2.75) is 25.7 Å². The first-order chi connectivity index (χ1) is 8.16. The largest absolute Gasteiger partial charge is 0.426 e. The molecular formula is C14H14O3. The molecular weight excluding hydrogens is 216 g/mol. The molecule has 0 aromatic heterocycles. The summed E-state index contributed by atoms with van der Waals surface area (Å²) in [4.78, 5) is 23.7. The van der Waals surface area contributed by atoms with Crippen molar-refractivity contribution in [1.29, 1.82) is 0 Å². The number of ether oxygens (including phenoxy) is 1. The van der Waals surface area contributed by atoms with Gasteiger partial charge in [-0.3, -0.25) is 9.59 Å². The molecule has 1 aromatic carbocycles. The molecule has 17 heavy (non-hydrogen) atoms. The number of carbonyl (C=O) groups excluding carboxylic acids is 2. The maximum Gasteiger partial charge on any atom is 0.315 e. The lowest BCUT2D eigenvalue weighted by molar-refractivity contribution is -0.145. The first-order valence-electron chi connectivity index (χ1n) is 5.99. The summed E-state index contributed by atoms with van der Waals surface area (Å²) < 4.78 is 5.36. The molecule has 2 aliphatic rings. The van der Waals surface area contributed by atoms with Crippen molar-refractivity contribution in [2.75, 3.05) is 0 Å².